The van der Waals surface area contributed by atoms with Crippen LogP contribution in [0.5, 0.6) is 0 Å². The zero-order valence-corrected chi connectivity index (χ0v) is 9.94. The topological polar surface area (TPSA) is 47.0 Å². The summed E-state index contributed by atoms with van der Waals surface area (Å²) in [6.45, 7) is 1.99. The van der Waals surface area contributed by atoms with E-state index in [9.17, 15) is 0 Å². The molecule has 0 aromatic carbocycles. The average Bonchev–Trinajstić information content (AvgIpc) is 2.32. The van der Waals surface area contributed by atoms with Crippen LogP contribution >= 0.6 is 0 Å². The molecule has 4 nitrogen and oxygen atoms in total. The third kappa shape index (κ3) is 2.92. The van der Waals surface area contributed by atoms with Crippen LogP contribution in [0.25, 0.3) is 0 Å². The molecule has 2 unspecified atom stereocenters. The van der Waals surface area contributed by atoms with Crippen molar-refractivity contribution in [2.75, 3.05) is 12.4 Å². The van der Waals surface area contributed by atoms with Gasteiger partial charge in [-0.25, -0.2) is 9.97 Å². The van der Waals surface area contributed by atoms with Crippen molar-refractivity contribution in [3.63, 3.8) is 0 Å². The molecule has 0 saturated heterocycles. The van der Waals surface area contributed by atoms with Gasteiger partial charge >= 0.3 is 0 Å². The number of anilines is 1. The molecule has 1 aromatic heterocycles. The van der Waals surface area contributed by atoms with Gasteiger partial charge in [0, 0.05) is 25.5 Å². The van der Waals surface area contributed by atoms with Gasteiger partial charge in [0.2, 0.25) is 5.95 Å². The first-order valence-corrected chi connectivity index (χ1v) is 5.86. The normalized spacial score (nSPS) is 25.4. The minimum Gasteiger partial charge on any atom is -0.381 e. The van der Waals surface area contributed by atoms with Gasteiger partial charge in [-0.05, 0) is 38.2 Å². The van der Waals surface area contributed by atoms with Gasteiger partial charge in [0.1, 0.15) is 0 Å². The maximum Gasteiger partial charge on any atom is 0.222 e. The molecular weight excluding hydrogens is 202 g/mol. The summed E-state index contributed by atoms with van der Waals surface area (Å²) in [6, 6.07) is 0.446. The molecular formula is C12H19N3O. The molecule has 1 N–H and O–H groups in total. The second-order valence-electron chi connectivity index (χ2n) is 4.45. The summed E-state index contributed by atoms with van der Waals surface area (Å²) >= 11 is 0. The van der Waals surface area contributed by atoms with Crippen molar-refractivity contribution in [1.29, 1.82) is 0 Å². The maximum atomic E-state index is 5.40. The van der Waals surface area contributed by atoms with E-state index in [0.717, 1.165) is 17.9 Å². The Labute approximate surface area is 96.4 Å². The SMILES string of the molecule is COC1CCCC(Nc2ncc(C)cn2)C1. The van der Waals surface area contributed by atoms with Crippen molar-refractivity contribution in [2.45, 2.75) is 44.8 Å². The van der Waals surface area contributed by atoms with E-state index in [0.29, 0.717) is 12.1 Å². The van der Waals surface area contributed by atoms with Gasteiger partial charge in [-0.3, -0.25) is 0 Å². The van der Waals surface area contributed by atoms with Gasteiger partial charge in [-0.2, -0.15) is 0 Å². The molecule has 0 spiro atoms. The summed E-state index contributed by atoms with van der Waals surface area (Å²) in [6.07, 6.45) is 8.67. The molecule has 1 fully saturated rings. The fourth-order valence-corrected chi connectivity index (χ4v) is 2.14. The number of nitrogens with zero attached hydrogens (tertiary/aromatic N) is 2. The van der Waals surface area contributed by atoms with Crippen molar-refractivity contribution in [2.24, 2.45) is 0 Å². The van der Waals surface area contributed by atoms with E-state index in [-0.39, 0.29) is 0 Å². The molecule has 0 amide bonds. The minimum atomic E-state index is 0.386. The zero-order chi connectivity index (χ0) is 11.4. The summed E-state index contributed by atoms with van der Waals surface area (Å²) in [5, 5.41) is 3.37. The lowest BCUT2D eigenvalue weighted by atomic mass is 9.93. The largest absolute Gasteiger partial charge is 0.381 e. The Bertz CT molecular complexity index is 326. The van der Waals surface area contributed by atoms with Crippen LogP contribution in [-0.2, 0) is 4.74 Å². The van der Waals surface area contributed by atoms with E-state index < -0.39 is 0 Å². The number of hydrogen-bond donors (Lipinski definition) is 1. The lowest BCUT2D eigenvalue weighted by molar-refractivity contribution is 0.0668. The average molecular weight is 221 g/mol. The summed E-state index contributed by atoms with van der Waals surface area (Å²) < 4.78 is 5.40. The van der Waals surface area contributed by atoms with Crippen molar-refractivity contribution in [3.05, 3.63) is 18.0 Å². The second kappa shape index (κ2) is 5.25. The Balaban J connectivity index is 1.91. The van der Waals surface area contributed by atoms with Crippen LogP contribution in [0.4, 0.5) is 5.95 Å². The van der Waals surface area contributed by atoms with Gasteiger partial charge in [-0.15, -0.1) is 0 Å². The number of nitrogens with one attached hydrogen (secondary N) is 1. The van der Waals surface area contributed by atoms with Crippen molar-refractivity contribution >= 4 is 5.95 Å². The van der Waals surface area contributed by atoms with E-state index in [1.165, 1.54) is 19.3 Å². The lowest BCUT2D eigenvalue weighted by Crippen LogP contribution is -2.31. The standard InChI is InChI=1S/C12H19N3O/c1-9-7-13-12(14-8-9)15-10-4-3-5-11(6-10)16-2/h7-8,10-11H,3-6H2,1-2H3,(H,13,14,15). The number of rotatable bonds is 3. The fraction of sp³-hybridized carbons (Fsp3) is 0.667. The van der Waals surface area contributed by atoms with Crippen LogP contribution in [0.3, 0.4) is 0 Å². The highest BCUT2D eigenvalue weighted by Crippen LogP contribution is 2.22. The Hall–Kier alpha value is -1.16. The Kier molecular flexibility index (Phi) is 3.72. The Morgan fingerprint density at radius 2 is 2.06 bits per heavy atom. The van der Waals surface area contributed by atoms with Crippen LogP contribution < -0.4 is 5.32 Å². The fourth-order valence-electron chi connectivity index (χ4n) is 2.14. The van der Waals surface area contributed by atoms with Gasteiger partial charge < -0.3 is 10.1 Å². The van der Waals surface area contributed by atoms with Crippen LogP contribution in [0, 0.1) is 6.92 Å². The minimum absolute atomic E-state index is 0.386. The molecule has 1 aliphatic carbocycles. The van der Waals surface area contributed by atoms with E-state index in [1.807, 2.05) is 19.3 Å². The van der Waals surface area contributed by atoms with E-state index >= 15 is 0 Å². The van der Waals surface area contributed by atoms with Gasteiger partial charge in [0.25, 0.3) is 0 Å². The van der Waals surface area contributed by atoms with Gasteiger partial charge in [0.15, 0.2) is 0 Å². The number of aromatic nitrogens is 2. The first-order chi connectivity index (χ1) is 7.78. The van der Waals surface area contributed by atoms with Gasteiger partial charge in [0.05, 0.1) is 6.10 Å². The maximum absolute atomic E-state index is 5.40. The Morgan fingerprint density at radius 1 is 1.31 bits per heavy atom. The third-order valence-electron chi connectivity index (χ3n) is 3.07. The molecule has 1 aromatic rings. The number of aryl methyl sites for hydroxylation is 1. The molecule has 2 rings (SSSR count). The molecule has 0 radical (unpaired) electrons. The summed E-state index contributed by atoms with van der Waals surface area (Å²) in [5.41, 5.74) is 1.09. The van der Waals surface area contributed by atoms with Crippen molar-refractivity contribution < 1.29 is 4.74 Å². The Morgan fingerprint density at radius 3 is 2.75 bits per heavy atom. The summed E-state index contributed by atoms with van der Waals surface area (Å²) in [7, 11) is 1.79. The van der Waals surface area contributed by atoms with Crippen molar-refractivity contribution in [1.82, 2.24) is 9.97 Å². The molecule has 1 saturated carbocycles. The summed E-state index contributed by atoms with van der Waals surface area (Å²) in [4.78, 5) is 8.52. The van der Waals surface area contributed by atoms with Gasteiger partial charge in [-0.1, -0.05) is 0 Å². The number of ether oxygens (including phenoxy) is 1. The molecule has 1 aliphatic rings. The zero-order valence-electron chi connectivity index (χ0n) is 9.94. The quantitative estimate of drug-likeness (QED) is 0.849. The predicted octanol–water partition coefficient (Wildman–Crippen LogP) is 2.15. The molecule has 1 heterocycles. The number of hydrogen-bond acceptors (Lipinski definition) is 4. The lowest BCUT2D eigenvalue weighted by Gasteiger charge is -2.28. The second-order valence-corrected chi connectivity index (χ2v) is 4.45. The monoisotopic (exact) mass is 221 g/mol. The van der Waals surface area contributed by atoms with E-state index in [4.69, 9.17) is 4.74 Å². The van der Waals surface area contributed by atoms with Crippen LogP contribution in [0.15, 0.2) is 12.4 Å². The molecule has 4 heteroatoms. The first kappa shape index (κ1) is 11.3. The highest BCUT2D eigenvalue weighted by atomic mass is 16.5. The van der Waals surface area contributed by atoms with Crippen LogP contribution in [-0.4, -0.2) is 29.2 Å². The summed E-state index contributed by atoms with van der Waals surface area (Å²) in [5.74, 6) is 0.729. The van der Waals surface area contributed by atoms with E-state index in [2.05, 4.69) is 15.3 Å². The first-order valence-electron chi connectivity index (χ1n) is 5.86. The highest BCUT2D eigenvalue weighted by Gasteiger charge is 2.21. The van der Waals surface area contributed by atoms with Crippen LogP contribution in [0.1, 0.15) is 31.2 Å². The smallest absolute Gasteiger partial charge is 0.222 e. The molecule has 88 valence electrons. The van der Waals surface area contributed by atoms with E-state index in [1.54, 1.807) is 7.11 Å². The number of methoxy groups -OCH3 is 1. The molecule has 16 heavy (non-hydrogen) atoms. The highest BCUT2D eigenvalue weighted by molar-refractivity contribution is 5.26. The predicted molar refractivity (Wildman–Crippen MR) is 63.4 cm³/mol. The molecule has 0 aliphatic heterocycles. The molecule has 0 bridgehead atoms. The third-order valence-corrected chi connectivity index (χ3v) is 3.07. The van der Waals surface area contributed by atoms with Crippen molar-refractivity contribution in [3.8, 4) is 0 Å². The molecule has 2 atom stereocenters. The van der Waals surface area contributed by atoms with Crippen LogP contribution in [0.2, 0.25) is 0 Å².